The summed E-state index contributed by atoms with van der Waals surface area (Å²) in [4.78, 5) is 18.7. The lowest BCUT2D eigenvalue weighted by Gasteiger charge is -2.23. The number of aromatic nitrogens is 3. The van der Waals surface area contributed by atoms with E-state index in [1.54, 1.807) is 0 Å². The predicted octanol–water partition coefficient (Wildman–Crippen LogP) is 1.15. The van der Waals surface area contributed by atoms with Crippen molar-refractivity contribution in [3.63, 3.8) is 0 Å². The van der Waals surface area contributed by atoms with Gasteiger partial charge < -0.3 is 14.4 Å². The molecule has 2 aliphatic rings. The smallest absolute Gasteiger partial charge is 0.275 e. The Morgan fingerprint density at radius 3 is 3.00 bits per heavy atom. The Hall–Kier alpha value is -2.45. The van der Waals surface area contributed by atoms with Gasteiger partial charge in [0.25, 0.3) is 5.56 Å². The molecule has 7 nitrogen and oxygen atoms in total. The van der Waals surface area contributed by atoms with Gasteiger partial charge in [-0.1, -0.05) is 11.3 Å². The van der Waals surface area contributed by atoms with Gasteiger partial charge in [-0.15, -0.1) is 0 Å². The number of fused-ring (bicyclic) bond motifs is 2. The fourth-order valence-corrected chi connectivity index (χ4v) is 5.03. The maximum atomic E-state index is 12.1. The van der Waals surface area contributed by atoms with Crippen molar-refractivity contribution in [2.45, 2.75) is 32.4 Å². The molecule has 1 aromatic carbocycles. The van der Waals surface area contributed by atoms with Crippen molar-refractivity contribution in [1.82, 2.24) is 14.6 Å². The van der Waals surface area contributed by atoms with Gasteiger partial charge in [0.2, 0.25) is 4.96 Å². The minimum atomic E-state index is -0.111. The zero-order valence-electron chi connectivity index (χ0n) is 15.1. The highest BCUT2D eigenvalue weighted by Crippen LogP contribution is 2.33. The Morgan fingerprint density at radius 1 is 1.26 bits per heavy atom. The molecule has 3 aromatic rings. The average molecular weight is 385 g/mol. The van der Waals surface area contributed by atoms with Crippen LogP contribution in [0.1, 0.15) is 35.1 Å². The van der Waals surface area contributed by atoms with Crippen molar-refractivity contribution in [3.05, 3.63) is 50.9 Å². The van der Waals surface area contributed by atoms with E-state index in [0.29, 0.717) is 24.2 Å². The van der Waals surface area contributed by atoms with Gasteiger partial charge in [-0.2, -0.15) is 9.61 Å². The molecule has 2 atom stereocenters. The van der Waals surface area contributed by atoms with Crippen LogP contribution >= 0.6 is 11.3 Å². The molecule has 140 valence electrons. The van der Waals surface area contributed by atoms with Crippen LogP contribution in [0.2, 0.25) is 0 Å². The third-order valence-electron chi connectivity index (χ3n) is 5.25. The highest BCUT2D eigenvalue weighted by atomic mass is 32.1. The van der Waals surface area contributed by atoms with Gasteiger partial charge in [0.1, 0.15) is 25.8 Å². The van der Waals surface area contributed by atoms with Gasteiger partial charge in [-0.25, -0.2) is 4.98 Å². The Labute approximate surface area is 160 Å². The van der Waals surface area contributed by atoms with Gasteiger partial charge in [0, 0.05) is 30.2 Å². The van der Waals surface area contributed by atoms with Gasteiger partial charge >= 0.3 is 0 Å². The van der Waals surface area contributed by atoms with E-state index in [0.717, 1.165) is 41.7 Å². The average Bonchev–Trinajstić information content (AvgIpc) is 3.28. The van der Waals surface area contributed by atoms with Crippen LogP contribution in [-0.4, -0.2) is 34.4 Å². The second kappa shape index (κ2) is 6.61. The number of rotatable bonds is 3. The molecule has 0 radical (unpaired) electrons. The number of benzene rings is 1. The second-order valence-electron chi connectivity index (χ2n) is 7.11. The van der Waals surface area contributed by atoms with Crippen molar-refractivity contribution in [1.29, 1.82) is 0 Å². The molecule has 0 spiro atoms. The van der Waals surface area contributed by atoms with Gasteiger partial charge in [-0.3, -0.25) is 4.79 Å². The maximum absolute atomic E-state index is 12.1. The maximum Gasteiger partial charge on any atom is 0.275 e. The molecule has 8 heteroatoms. The third-order valence-corrected chi connectivity index (χ3v) is 6.15. The number of likely N-dealkylation sites (tertiary alicyclic amines) is 1. The third kappa shape index (κ3) is 3.08. The zero-order chi connectivity index (χ0) is 18.4. The van der Waals surface area contributed by atoms with Crippen molar-refractivity contribution in [2.24, 2.45) is 0 Å². The van der Waals surface area contributed by atoms with E-state index >= 15 is 0 Å². The van der Waals surface area contributed by atoms with Crippen molar-refractivity contribution in [3.8, 4) is 11.5 Å². The zero-order valence-corrected chi connectivity index (χ0v) is 15.9. The summed E-state index contributed by atoms with van der Waals surface area (Å²) in [5, 5.41) is 5.46. The first kappa shape index (κ1) is 16.7. The van der Waals surface area contributed by atoms with Crippen LogP contribution in [0.4, 0.5) is 0 Å². The Bertz CT molecular complexity index is 1060. The Balaban J connectivity index is 1.42. The van der Waals surface area contributed by atoms with Crippen LogP contribution in [-0.2, 0) is 6.54 Å². The molecular formula is C19H21N4O3S+. The van der Waals surface area contributed by atoms with E-state index in [9.17, 15) is 4.79 Å². The van der Waals surface area contributed by atoms with E-state index in [1.165, 1.54) is 38.8 Å². The second-order valence-corrected chi connectivity index (χ2v) is 8.15. The molecule has 1 unspecified atom stereocenters. The molecule has 0 aliphatic carbocycles. The summed E-state index contributed by atoms with van der Waals surface area (Å²) < 4.78 is 12.8. The number of ether oxygens (including phenoxy) is 2. The quantitative estimate of drug-likeness (QED) is 0.733. The largest absolute Gasteiger partial charge is 0.486 e. The van der Waals surface area contributed by atoms with E-state index in [2.05, 4.69) is 22.2 Å². The van der Waals surface area contributed by atoms with Crippen molar-refractivity contribution in [2.75, 3.05) is 19.8 Å². The van der Waals surface area contributed by atoms with E-state index in [1.807, 2.05) is 13.0 Å². The van der Waals surface area contributed by atoms with E-state index < -0.39 is 0 Å². The van der Waals surface area contributed by atoms with Crippen LogP contribution in [0.3, 0.4) is 0 Å². The lowest BCUT2D eigenvalue weighted by atomic mass is 10.0. The van der Waals surface area contributed by atoms with Gasteiger partial charge in [0.05, 0.1) is 6.54 Å². The molecule has 0 amide bonds. The van der Waals surface area contributed by atoms with Crippen LogP contribution in [0.25, 0.3) is 4.96 Å². The van der Waals surface area contributed by atoms with E-state index in [-0.39, 0.29) is 5.56 Å². The van der Waals surface area contributed by atoms with Crippen LogP contribution in [0.15, 0.2) is 29.1 Å². The summed E-state index contributed by atoms with van der Waals surface area (Å²) in [5.74, 6) is 1.67. The number of nitrogens with one attached hydrogen (secondary N) is 1. The lowest BCUT2D eigenvalue weighted by Crippen LogP contribution is -3.08. The van der Waals surface area contributed by atoms with Crippen LogP contribution in [0, 0.1) is 6.92 Å². The molecular weight excluding hydrogens is 364 g/mol. The standard InChI is InChI=1S/C19H20N4O3S/c1-12-9-18(24)23-19(20-12)27-17(21-23)11-22-6-2-3-14(22)13-4-5-15-16(10-13)26-8-7-25-15/h4-5,9-10,14H,2-3,6-8,11H2,1H3/p+1/t14-/m0/s1. The fourth-order valence-electron chi connectivity index (χ4n) is 4.03. The van der Waals surface area contributed by atoms with E-state index in [4.69, 9.17) is 9.47 Å². The fraction of sp³-hybridized carbons (Fsp3) is 0.421. The SMILES string of the molecule is Cc1cc(=O)n2nc(C[NH+]3CCC[C@H]3c3ccc4c(c3)OCCO4)sc2n1. The van der Waals surface area contributed by atoms with Crippen molar-refractivity contribution >= 4 is 16.3 Å². The summed E-state index contributed by atoms with van der Waals surface area (Å²) in [6.45, 7) is 4.94. The predicted molar refractivity (Wildman–Crippen MR) is 101 cm³/mol. The molecule has 27 heavy (non-hydrogen) atoms. The first-order chi connectivity index (χ1) is 13.2. The summed E-state index contributed by atoms with van der Waals surface area (Å²) in [5.41, 5.74) is 1.90. The molecule has 1 saturated heterocycles. The molecule has 0 saturated carbocycles. The van der Waals surface area contributed by atoms with Crippen molar-refractivity contribution < 1.29 is 14.4 Å². The number of hydrogen-bond acceptors (Lipinski definition) is 6. The molecule has 5 rings (SSSR count). The molecule has 2 aromatic heterocycles. The molecule has 4 heterocycles. The molecule has 1 fully saturated rings. The molecule has 2 aliphatic heterocycles. The number of quaternary nitrogens is 1. The first-order valence-corrected chi connectivity index (χ1v) is 10.1. The number of nitrogens with zero attached hydrogens (tertiary/aromatic N) is 3. The van der Waals surface area contributed by atoms with Gasteiger partial charge in [0.15, 0.2) is 16.5 Å². The summed E-state index contributed by atoms with van der Waals surface area (Å²) >= 11 is 1.51. The number of hydrogen-bond donors (Lipinski definition) is 1. The summed E-state index contributed by atoms with van der Waals surface area (Å²) in [6.07, 6.45) is 2.31. The van der Waals surface area contributed by atoms with Gasteiger partial charge in [-0.05, 0) is 25.1 Å². The highest BCUT2D eigenvalue weighted by Gasteiger charge is 2.32. The number of aryl methyl sites for hydroxylation is 1. The summed E-state index contributed by atoms with van der Waals surface area (Å²) in [6, 6.07) is 8.22. The molecule has 0 bridgehead atoms. The normalized spacial score (nSPS) is 21.7. The summed E-state index contributed by atoms with van der Waals surface area (Å²) in [7, 11) is 0. The first-order valence-electron chi connectivity index (χ1n) is 9.28. The monoisotopic (exact) mass is 385 g/mol. The molecule has 1 N–H and O–H groups in total. The van der Waals surface area contributed by atoms with Crippen LogP contribution in [0.5, 0.6) is 11.5 Å². The lowest BCUT2D eigenvalue weighted by molar-refractivity contribution is -0.932. The van der Waals surface area contributed by atoms with Crippen LogP contribution < -0.4 is 19.9 Å². The minimum absolute atomic E-state index is 0.111. The Kier molecular flexibility index (Phi) is 4.09. The minimum Gasteiger partial charge on any atom is -0.486 e. The Morgan fingerprint density at radius 2 is 2.11 bits per heavy atom. The topological polar surface area (TPSA) is 70.2 Å². The highest BCUT2D eigenvalue weighted by molar-refractivity contribution is 7.16.